The van der Waals surface area contributed by atoms with Crippen LogP contribution < -0.4 is 5.32 Å². The van der Waals surface area contributed by atoms with Crippen molar-refractivity contribution in [3.8, 4) is 11.5 Å². The lowest BCUT2D eigenvalue weighted by atomic mass is 9.99. The highest BCUT2D eigenvalue weighted by Gasteiger charge is 2.27. The summed E-state index contributed by atoms with van der Waals surface area (Å²) < 4.78 is 21.2. The summed E-state index contributed by atoms with van der Waals surface area (Å²) in [6.45, 7) is 2.71. The molecule has 0 aliphatic heterocycles. The fourth-order valence-electron chi connectivity index (χ4n) is 4.39. The standard InChI is InChI=1S/C30H24N2O8S/c1-4-38-30(36)25-16(2)23(29(35)37-3)27(41-25)32-22(33)15-39-28(34)19-12-8-10-17-9-7-11-18(24(17)19)26-31-20-13-5-6-14-21(20)40-26/h5-14H,4,15H2,1-3H3,(H,32,33). The van der Waals surface area contributed by atoms with Crippen molar-refractivity contribution in [3.05, 3.63) is 82.2 Å². The van der Waals surface area contributed by atoms with Crippen molar-refractivity contribution in [1.82, 2.24) is 4.98 Å². The van der Waals surface area contributed by atoms with Crippen molar-refractivity contribution in [1.29, 1.82) is 0 Å². The van der Waals surface area contributed by atoms with Crippen LogP contribution in [0, 0.1) is 6.92 Å². The molecular formula is C30H24N2O8S. The summed E-state index contributed by atoms with van der Waals surface area (Å²) in [7, 11) is 1.19. The van der Waals surface area contributed by atoms with E-state index in [4.69, 9.17) is 18.6 Å². The molecule has 0 saturated carbocycles. The number of carbonyl (C=O) groups excluding carboxylic acids is 4. The van der Waals surface area contributed by atoms with Crippen LogP contribution in [-0.4, -0.2) is 49.1 Å². The number of nitrogens with one attached hydrogen (secondary N) is 1. The number of carbonyl (C=O) groups is 4. The Kier molecular flexibility index (Phi) is 7.79. The Labute approximate surface area is 237 Å². The maximum Gasteiger partial charge on any atom is 0.348 e. The number of amides is 1. The first-order chi connectivity index (χ1) is 19.8. The molecule has 0 aliphatic rings. The molecule has 0 unspecified atom stereocenters. The molecule has 1 N–H and O–H groups in total. The van der Waals surface area contributed by atoms with E-state index >= 15 is 0 Å². The average Bonchev–Trinajstić information content (AvgIpc) is 3.55. The number of fused-ring (bicyclic) bond motifs is 2. The molecular weight excluding hydrogens is 548 g/mol. The number of hydrogen-bond donors (Lipinski definition) is 1. The number of anilines is 1. The van der Waals surface area contributed by atoms with E-state index in [0.29, 0.717) is 33.5 Å². The molecule has 0 radical (unpaired) electrons. The topological polar surface area (TPSA) is 134 Å². The first-order valence-electron chi connectivity index (χ1n) is 12.6. The van der Waals surface area contributed by atoms with Crippen molar-refractivity contribution in [2.75, 3.05) is 25.6 Å². The van der Waals surface area contributed by atoms with Gasteiger partial charge >= 0.3 is 17.9 Å². The highest BCUT2D eigenvalue weighted by molar-refractivity contribution is 7.18. The molecule has 41 heavy (non-hydrogen) atoms. The van der Waals surface area contributed by atoms with Crippen LogP contribution in [0.5, 0.6) is 0 Å². The van der Waals surface area contributed by atoms with E-state index in [1.54, 1.807) is 38.1 Å². The highest BCUT2D eigenvalue weighted by atomic mass is 32.1. The van der Waals surface area contributed by atoms with Crippen LogP contribution in [0.15, 0.2) is 65.1 Å². The summed E-state index contributed by atoms with van der Waals surface area (Å²) in [5, 5.41) is 3.95. The molecule has 0 fully saturated rings. The van der Waals surface area contributed by atoms with E-state index in [2.05, 4.69) is 10.3 Å². The minimum absolute atomic E-state index is 0.0252. The monoisotopic (exact) mass is 572 g/mol. The third kappa shape index (κ3) is 5.39. The number of benzene rings is 3. The smallest absolute Gasteiger partial charge is 0.348 e. The number of rotatable bonds is 8. The number of para-hydroxylation sites is 2. The van der Waals surface area contributed by atoms with Crippen molar-refractivity contribution in [3.63, 3.8) is 0 Å². The van der Waals surface area contributed by atoms with Gasteiger partial charge in [0.05, 0.1) is 24.8 Å². The molecule has 0 bridgehead atoms. The molecule has 5 aromatic rings. The quantitative estimate of drug-likeness (QED) is 0.181. The number of oxazole rings is 1. The Morgan fingerprint density at radius 1 is 0.927 bits per heavy atom. The minimum atomic E-state index is -0.739. The van der Waals surface area contributed by atoms with Gasteiger partial charge in [0, 0.05) is 10.9 Å². The Balaban J connectivity index is 1.39. The van der Waals surface area contributed by atoms with Crippen molar-refractivity contribution < 1.29 is 37.8 Å². The van der Waals surface area contributed by atoms with Crippen LogP contribution in [-0.2, 0) is 19.0 Å². The summed E-state index contributed by atoms with van der Waals surface area (Å²) >= 11 is 0.875. The molecule has 2 aromatic heterocycles. The van der Waals surface area contributed by atoms with E-state index in [0.717, 1.165) is 16.7 Å². The number of aromatic nitrogens is 1. The number of methoxy groups -OCH3 is 1. The fraction of sp³-hybridized carbons (Fsp3) is 0.167. The zero-order chi connectivity index (χ0) is 29.1. The molecule has 0 aliphatic carbocycles. The number of esters is 3. The number of ether oxygens (including phenoxy) is 3. The summed E-state index contributed by atoms with van der Waals surface area (Å²) in [5.41, 5.74) is 2.45. The molecule has 5 rings (SSSR count). The van der Waals surface area contributed by atoms with Gasteiger partial charge < -0.3 is 23.9 Å². The van der Waals surface area contributed by atoms with Crippen LogP contribution in [0.3, 0.4) is 0 Å². The lowest BCUT2D eigenvalue weighted by Gasteiger charge is -2.10. The SMILES string of the molecule is CCOC(=O)c1sc(NC(=O)COC(=O)c2cccc3cccc(-c4nc5ccccc5o4)c23)c(C(=O)OC)c1C. The normalized spacial score (nSPS) is 10.9. The van der Waals surface area contributed by atoms with E-state index in [1.807, 2.05) is 36.4 Å². The Bertz CT molecular complexity index is 1780. The average molecular weight is 573 g/mol. The second-order valence-electron chi connectivity index (χ2n) is 8.79. The van der Waals surface area contributed by atoms with Crippen LogP contribution in [0.4, 0.5) is 5.00 Å². The fourth-order valence-corrected chi connectivity index (χ4v) is 5.49. The Hall–Kier alpha value is -5.03. The van der Waals surface area contributed by atoms with E-state index in [9.17, 15) is 19.2 Å². The van der Waals surface area contributed by atoms with Crippen molar-refractivity contribution in [2.45, 2.75) is 13.8 Å². The van der Waals surface area contributed by atoms with Gasteiger partial charge in [-0.25, -0.2) is 19.4 Å². The molecule has 1 amide bonds. The number of hydrogen-bond acceptors (Lipinski definition) is 10. The van der Waals surface area contributed by atoms with Crippen LogP contribution >= 0.6 is 11.3 Å². The second-order valence-corrected chi connectivity index (χ2v) is 9.81. The van der Waals surface area contributed by atoms with Gasteiger partial charge in [0.2, 0.25) is 5.89 Å². The maximum absolute atomic E-state index is 13.2. The van der Waals surface area contributed by atoms with Crippen LogP contribution in [0.1, 0.15) is 42.9 Å². The molecule has 10 nitrogen and oxygen atoms in total. The summed E-state index contributed by atoms with van der Waals surface area (Å²) in [6, 6.07) is 18.0. The molecule has 2 heterocycles. The summed E-state index contributed by atoms with van der Waals surface area (Å²) in [5.74, 6) is -2.46. The molecule has 3 aromatic carbocycles. The molecule has 0 atom stereocenters. The van der Waals surface area contributed by atoms with Crippen molar-refractivity contribution in [2.24, 2.45) is 0 Å². The van der Waals surface area contributed by atoms with E-state index in [1.165, 1.54) is 7.11 Å². The third-order valence-corrected chi connectivity index (χ3v) is 7.42. The van der Waals surface area contributed by atoms with Gasteiger partial charge in [0.25, 0.3) is 5.91 Å². The lowest BCUT2D eigenvalue weighted by Crippen LogP contribution is -2.21. The Morgan fingerprint density at radius 3 is 2.41 bits per heavy atom. The van der Waals surface area contributed by atoms with Gasteiger partial charge in [0.15, 0.2) is 12.2 Å². The predicted octanol–water partition coefficient (Wildman–Crippen LogP) is 5.78. The second kappa shape index (κ2) is 11.6. The first-order valence-corrected chi connectivity index (χ1v) is 13.4. The van der Waals surface area contributed by atoms with E-state index < -0.39 is 30.4 Å². The summed E-state index contributed by atoms with van der Waals surface area (Å²) in [6.07, 6.45) is 0. The zero-order valence-corrected chi connectivity index (χ0v) is 23.1. The van der Waals surface area contributed by atoms with E-state index in [-0.39, 0.29) is 27.6 Å². The largest absolute Gasteiger partial charge is 0.465 e. The lowest BCUT2D eigenvalue weighted by molar-refractivity contribution is -0.119. The van der Waals surface area contributed by atoms with Crippen LogP contribution in [0.2, 0.25) is 0 Å². The van der Waals surface area contributed by atoms with Gasteiger partial charge in [-0.2, -0.15) is 0 Å². The Morgan fingerprint density at radius 2 is 1.68 bits per heavy atom. The molecule has 0 saturated heterocycles. The van der Waals surface area contributed by atoms with Crippen LogP contribution in [0.25, 0.3) is 33.3 Å². The number of nitrogens with zero attached hydrogens (tertiary/aromatic N) is 1. The molecule has 208 valence electrons. The first kappa shape index (κ1) is 27.5. The molecule has 0 spiro atoms. The number of thiophene rings is 1. The van der Waals surface area contributed by atoms with Crippen molar-refractivity contribution >= 4 is 62.0 Å². The highest BCUT2D eigenvalue weighted by Crippen LogP contribution is 2.35. The predicted molar refractivity (Wildman–Crippen MR) is 152 cm³/mol. The molecule has 11 heteroatoms. The summed E-state index contributed by atoms with van der Waals surface area (Å²) in [4.78, 5) is 55.5. The minimum Gasteiger partial charge on any atom is -0.465 e. The van der Waals surface area contributed by atoms with Gasteiger partial charge in [-0.3, -0.25) is 4.79 Å². The van der Waals surface area contributed by atoms with Gasteiger partial charge in [-0.05, 0) is 49.1 Å². The zero-order valence-electron chi connectivity index (χ0n) is 22.3. The van der Waals surface area contributed by atoms with Gasteiger partial charge in [-0.1, -0.05) is 36.4 Å². The van der Waals surface area contributed by atoms with Gasteiger partial charge in [0.1, 0.15) is 15.4 Å². The maximum atomic E-state index is 13.2. The third-order valence-electron chi connectivity index (χ3n) is 6.23. The van der Waals surface area contributed by atoms with Gasteiger partial charge in [-0.15, -0.1) is 11.3 Å².